The minimum atomic E-state index is -0.230. The van der Waals surface area contributed by atoms with E-state index in [0.717, 1.165) is 25.2 Å². The van der Waals surface area contributed by atoms with Crippen molar-refractivity contribution in [1.82, 2.24) is 10.6 Å². The van der Waals surface area contributed by atoms with Gasteiger partial charge in [0, 0.05) is 44.2 Å². The van der Waals surface area contributed by atoms with Crippen LogP contribution < -0.4 is 15.5 Å². The Morgan fingerprint density at radius 1 is 1.32 bits per heavy atom. The molecule has 1 unspecified atom stereocenters. The Kier molecular flexibility index (Phi) is 4.43. The number of rotatable bonds is 5. The lowest BCUT2D eigenvalue weighted by Crippen LogP contribution is -2.49. The molecule has 1 aromatic rings. The van der Waals surface area contributed by atoms with Crippen LogP contribution in [0.15, 0.2) is 24.3 Å². The van der Waals surface area contributed by atoms with Gasteiger partial charge < -0.3 is 15.5 Å². The molecule has 1 aromatic carbocycles. The summed E-state index contributed by atoms with van der Waals surface area (Å²) in [7, 11) is 0. The average Bonchev–Trinajstić information content (AvgIpc) is 2.88. The normalized spacial score (nSPS) is 21.8. The van der Waals surface area contributed by atoms with Gasteiger partial charge in [-0.15, -0.1) is 0 Å². The molecule has 5 heteroatoms. The maximum atomic E-state index is 12.2. The van der Waals surface area contributed by atoms with Crippen LogP contribution in [0.3, 0.4) is 0 Å². The van der Waals surface area contributed by atoms with Crippen LogP contribution in [0.5, 0.6) is 0 Å². The summed E-state index contributed by atoms with van der Waals surface area (Å²) in [5.41, 5.74) is 2.14. The standard InChI is InChI=1S/C17H23N3O2/c1-2-12-3-5-15(6-4-12)20-11-14(7-16(20)21)17(22)19-10-13-8-18-9-13/h3-6,13-14,18H,2,7-11H2,1H3,(H,19,22). The van der Waals surface area contributed by atoms with Gasteiger partial charge in [0.15, 0.2) is 0 Å². The summed E-state index contributed by atoms with van der Waals surface area (Å²) in [6.45, 7) is 5.24. The molecule has 0 aliphatic carbocycles. The molecule has 0 radical (unpaired) electrons. The second kappa shape index (κ2) is 6.48. The number of amides is 2. The average molecular weight is 301 g/mol. The van der Waals surface area contributed by atoms with E-state index in [4.69, 9.17) is 0 Å². The van der Waals surface area contributed by atoms with Crippen molar-refractivity contribution < 1.29 is 9.59 Å². The Labute approximate surface area is 131 Å². The first kappa shape index (κ1) is 15.0. The second-order valence-corrected chi connectivity index (χ2v) is 6.19. The lowest BCUT2D eigenvalue weighted by atomic mass is 10.0. The van der Waals surface area contributed by atoms with E-state index in [-0.39, 0.29) is 17.7 Å². The van der Waals surface area contributed by atoms with Crippen molar-refractivity contribution in [3.05, 3.63) is 29.8 Å². The molecule has 3 rings (SSSR count). The van der Waals surface area contributed by atoms with Crippen molar-refractivity contribution in [2.45, 2.75) is 19.8 Å². The zero-order valence-corrected chi connectivity index (χ0v) is 13.0. The van der Waals surface area contributed by atoms with Crippen LogP contribution in [-0.2, 0) is 16.0 Å². The Morgan fingerprint density at radius 3 is 2.64 bits per heavy atom. The molecule has 0 spiro atoms. The molecule has 2 heterocycles. The number of carbonyl (C=O) groups is 2. The van der Waals surface area contributed by atoms with Gasteiger partial charge in [-0.25, -0.2) is 0 Å². The third kappa shape index (κ3) is 3.14. The fourth-order valence-electron chi connectivity index (χ4n) is 2.93. The van der Waals surface area contributed by atoms with Crippen LogP contribution in [0, 0.1) is 11.8 Å². The van der Waals surface area contributed by atoms with Gasteiger partial charge in [0.25, 0.3) is 0 Å². The van der Waals surface area contributed by atoms with Crippen LogP contribution in [0.2, 0.25) is 0 Å². The number of benzene rings is 1. The fraction of sp³-hybridized carbons (Fsp3) is 0.529. The summed E-state index contributed by atoms with van der Waals surface area (Å²) < 4.78 is 0. The highest BCUT2D eigenvalue weighted by Gasteiger charge is 2.35. The van der Waals surface area contributed by atoms with Crippen molar-refractivity contribution in [1.29, 1.82) is 0 Å². The van der Waals surface area contributed by atoms with Crippen molar-refractivity contribution in [3.63, 3.8) is 0 Å². The van der Waals surface area contributed by atoms with Gasteiger partial charge in [-0.1, -0.05) is 19.1 Å². The van der Waals surface area contributed by atoms with Crippen molar-refractivity contribution in [2.75, 3.05) is 31.1 Å². The van der Waals surface area contributed by atoms with Crippen molar-refractivity contribution in [3.8, 4) is 0 Å². The molecular weight excluding hydrogens is 278 g/mol. The molecule has 2 saturated heterocycles. The highest BCUT2D eigenvalue weighted by atomic mass is 16.2. The molecule has 0 aromatic heterocycles. The number of anilines is 1. The summed E-state index contributed by atoms with van der Waals surface area (Å²) in [6, 6.07) is 8.02. The van der Waals surface area contributed by atoms with Gasteiger partial charge in [-0.3, -0.25) is 9.59 Å². The van der Waals surface area contributed by atoms with E-state index in [0.29, 0.717) is 25.4 Å². The molecular formula is C17H23N3O2. The largest absolute Gasteiger partial charge is 0.355 e. The maximum absolute atomic E-state index is 12.2. The number of aryl methyl sites for hydroxylation is 1. The Bertz CT molecular complexity index is 552. The Morgan fingerprint density at radius 2 is 2.05 bits per heavy atom. The second-order valence-electron chi connectivity index (χ2n) is 6.19. The number of hydrogen-bond acceptors (Lipinski definition) is 3. The Balaban J connectivity index is 1.58. The molecule has 0 bridgehead atoms. The molecule has 0 saturated carbocycles. The monoisotopic (exact) mass is 301 g/mol. The quantitative estimate of drug-likeness (QED) is 0.851. The first-order valence-electron chi connectivity index (χ1n) is 8.05. The zero-order valence-electron chi connectivity index (χ0n) is 13.0. The summed E-state index contributed by atoms with van der Waals surface area (Å²) in [5, 5.41) is 6.17. The summed E-state index contributed by atoms with van der Waals surface area (Å²) in [6.07, 6.45) is 1.29. The molecule has 2 fully saturated rings. The van der Waals surface area contributed by atoms with E-state index < -0.39 is 0 Å². The minimum absolute atomic E-state index is 0.00734. The van der Waals surface area contributed by atoms with Crippen LogP contribution in [0.1, 0.15) is 18.9 Å². The van der Waals surface area contributed by atoms with Crippen molar-refractivity contribution >= 4 is 17.5 Å². The topological polar surface area (TPSA) is 61.4 Å². The third-order valence-electron chi connectivity index (χ3n) is 4.58. The van der Waals surface area contributed by atoms with Gasteiger partial charge in [-0.2, -0.15) is 0 Å². The fourth-order valence-corrected chi connectivity index (χ4v) is 2.93. The van der Waals surface area contributed by atoms with E-state index in [1.165, 1.54) is 5.56 Å². The first-order chi connectivity index (χ1) is 10.7. The van der Waals surface area contributed by atoms with Gasteiger partial charge >= 0.3 is 0 Å². The number of nitrogens with zero attached hydrogens (tertiary/aromatic N) is 1. The Hall–Kier alpha value is -1.88. The lowest BCUT2D eigenvalue weighted by Gasteiger charge is -2.27. The predicted octanol–water partition coefficient (Wildman–Crippen LogP) is 0.938. The molecule has 2 N–H and O–H groups in total. The van der Waals surface area contributed by atoms with Crippen LogP contribution in [-0.4, -0.2) is 38.0 Å². The van der Waals surface area contributed by atoms with E-state index >= 15 is 0 Å². The lowest BCUT2D eigenvalue weighted by molar-refractivity contribution is -0.126. The van der Waals surface area contributed by atoms with Gasteiger partial charge in [0.2, 0.25) is 11.8 Å². The van der Waals surface area contributed by atoms with E-state index in [9.17, 15) is 9.59 Å². The molecule has 2 amide bonds. The summed E-state index contributed by atoms with van der Waals surface area (Å²) >= 11 is 0. The molecule has 2 aliphatic rings. The third-order valence-corrected chi connectivity index (χ3v) is 4.58. The van der Waals surface area contributed by atoms with Gasteiger partial charge in [-0.05, 0) is 24.1 Å². The minimum Gasteiger partial charge on any atom is -0.355 e. The number of nitrogens with one attached hydrogen (secondary N) is 2. The number of carbonyl (C=O) groups excluding carboxylic acids is 2. The SMILES string of the molecule is CCc1ccc(N2CC(C(=O)NCC3CNC3)CC2=O)cc1. The number of hydrogen-bond donors (Lipinski definition) is 2. The van der Waals surface area contributed by atoms with Gasteiger partial charge in [0.1, 0.15) is 0 Å². The van der Waals surface area contributed by atoms with Gasteiger partial charge in [0.05, 0.1) is 5.92 Å². The summed E-state index contributed by atoms with van der Waals surface area (Å²) in [5.74, 6) is 0.354. The van der Waals surface area contributed by atoms with Crippen LogP contribution in [0.25, 0.3) is 0 Å². The summed E-state index contributed by atoms with van der Waals surface area (Å²) in [4.78, 5) is 26.1. The molecule has 118 valence electrons. The van der Waals surface area contributed by atoms with E-state index in [2.05, 4.69) is 17.6 Å². The molecule has 5 nitrogen and oxygen atoms in total. The smallest absolute Gasteiger partial charge is 0.227 e. The van der Waals surface area contributed by atoms with Crippen LogP contribution >= 0.6 is 0 Å². The predicted molar refractivity (Wildman–Crippen MR) is 85.6 cm³/mol. The highest BCUT2D eigenvalue weighted by molar-refractivity contribution is 6.00. The van der Waals surface area contributed by atoms with E-state index in [1.807, 2.05) is 24.3 Å². The zero-order chi connectivity index (χ0) is 15.5. The highest BCUT2D eigenvalue weighted by Crippen LogP contribution is 2.25. The van der Waals surface area contributed by atoms with Crippen molar-refractivity contribution in [2.24, 2.45) is 11.8 Å². The first-order valence-corrected chi connectivity index (χ1v) is 8.05. The molecule has 2 aliphatic heterocycles. The van der Waals surface area contributed by atoms with Crippen LogP contribution in [0.4, 0.5) is 5.69 Å². The van der Waals surface area contributed by atoms with E-state index in [1.54, 1.807) is 4.90 Å². The molecule has 22 heavy (non-hydrogen) atoms. The maximum Gasteiger partial charge on any atom is 0.227 e. The molecule has 1 atom stereocenters.